The molecule has 124 valence electrons. The molecule has 0 aliphatic rings. The second-order valence-electron chi connectivity index (χ2n) is 5.88. The molecule has 0 aliphatic heterocycles. The van der Waals surface area contributed by atoms with Gasteiger partial charge in [0.25, 0.3) is 0 Å². The number of para-hydroxylation sites is 1. The molecular formula is C18H26N4O. The van der Waals surface area contributed by atoms with Crippen molar-refractivity contribution < 1.29 is 4.79 Å². The summed E-state index contributed by atoms with van der Waals surface area (Å²) in [7, 11) is 3.97. The minimum Gasteiger partial charge on any atom is -0.373 e. The van der Waals surface area contributed by atoms with Crippen molar-refractivity contribution in [2.24, 2.45) is 7.05 Å². The average Bonchev–Trinajstić information content (AvgIpc) is 2.79. The van der Waals surface area contributed by atoms with E-state index in [1.807, 2.05) is 50.8 Å². The molecule has 5 nitrogen and oxygen atoms in total. The zero-order chi connectivity index (χ0) is 16.8. The Morgan fingerprint density at radius 1 is 1.26 bits per heavy atom. The van der Waals surface area contributed by atoms with Crippen molar-refractivity contribution >= 4 is 11.6 Å². The van der Waals surface area contributed by atoms with E-state index in [-0.39, 0.29) is 5.91 Å². The molecule has 23 heavy (non-hydrogen) atoms. The van der Waals surface area contributed by atoms with Gasteiger partial charge in [-0.3, -0.25) is 9.48 Å². The number of hydrogen-bond acceptors (Lipinski definition) is 3. The summed E-state index contributed by atoms with van der Waals surface area (Å²) < 4.78 is 1.87. The van der Waals surface area contributed by atoms with E-state index < -0.39 is 0 Å². The number of carbonyl (C=O) groups excluding carboxylic acids is 1. The van der Waals surface area contributed by atoms with E-state index in [4.69, 9.17) is 0 Å². The number of aryl methyl sites for hydroxylation is 2. The molecule has 0 bridgehead atoms. The molecular weight excluding hydrogens is 288 g/mol. The molecule has 2 rings (SSSR count). The normalized spacial score (nSPS) is 10.6. The number of aromatic nitrogens is 2. The van der Waals surface area contributed by atoms with E-state index in [2.05, 4.69) is 27.4 Å². The molecule has 0 aliphatic carbocycles. The third kappa shape index (κ3) is 4.58. The maximum Gasteiger partial charge on any atom is 0.220 e. The third-order valence-corrected chi connectivity index (χ3v) is 4.23. The van der Waals surface area contributed by atoms with Gasteiger partial charge in [0, 0.05) is 45.0 Å². The highest BCUT2D eigenvalue weighted by Gasteiger charge is 2.11. The minimum absolute atomic E-state index is 0.0918. The summed E-state index contributed by atoms with van der Waals surface area (Å²) >= 11 is 0. The number of rotatable bonds is 7. The number of carbonyl (C=O) groups is 1. The third-order valence-electron chi connectivity index (χ3n) is 4.23. The highest BCUT2D eigenvalue weighted by Crippen LogP contribution is 2.14. The molecule has 1 amide bonds. The first-order chi connectivity index (χ1) is 11.0. The smallest absolute Gasteiger partial charge is 0.220 e. The first-order valence-electron chi connectivity index (χ1n) is 8.01. The van der Waals surface area contributed by atoms with Crippen molar-refractivity contribution in [2.75, 3.05) is 25.0 Å². The van der Waals surface area contributed by atoms with Gasteiger partial charge >= 0.3 is 0 Å². The lowest BCUT2D eigenvalue weighted by atomic mass is 10.1. The lowest BCUT2D eigenvalue weighted by molar-refractivity contribution is -0.120. The Bertz CT molecular complexity index is 649. The highest BCUT2D eigenvalue weighted by atomic mass is 16.1. The van der Waals surface area contributed by atoms with Crippen molar-refractivity contribution in [3.63, 3.8) is 0 Å². The molecule has 1 aromatic carbocycles. The maximum absolute atomic E-state index is 12.0. The Hall–Kier alpha value is -2.30. The largest absolute Gasteiger partial charge is 0.373 e. The first kappa shape index (κ1) is 17.1. The number of amides is 1. The van der Waals surface area contributed by atoms with E-state index in [1.165, 1.54) is 5.56 Å². The van der Waals surface area contributed by atoms with Crippen molar-refractivity contribution in [1.29, 1.82) is 0 Å². The standard InChI is InChI=1S/C18H26N4O/c1-14-17(15(2)22(4)20-14)10-11-18(23)19-12-13-21(3)16-8-6-5-7-9-16/h5-9H,10-13H2,1-4H3,(H,19,23). The van der Waals surface area contributed by atoms with Gasteiger partial charge < -0.3 is 10.2 Å². The van der Waals surface area contributed by atoms with Crippen molar-refractivity contribution in [3.05, 3.63) is 47.3 Å². The zero-order valence-corrected chi connectivity index (χ0v) is 14.5. The molecule has 1 heterocycles. The number of nitrogens with zero attached hydrogens (tertiary/aromatic N) is 3. The zero-order valence-electron chi connectivity index (χ0n) is 14.5. The molecule has 0 radical (unpaired) electrons. The number of nitrogens with one attached hydrogen (secondary N) is 1. The molecule has 2 aromatic rings. The number of anilines is 1. The predicted octanol–water partition coefficient (Wildman–Crippen LogP) is 2.22. The van der Waals surface area contributed by atoms with Gasteiger partial charge in [-0.25, -0.2) is 0 Å². The van der Waals surface area contributed by atoms with E-state index >= 15 is 0 Å². The predicted molar refractivity (Wildman–Crippen MR) is 93.7 cm³/mol. The van der Waals surface area contributed by atoms with Crippen LogP contribution in [0.1, 0.15) is 23.4 Å². The number of benzene rings is 1. The summed E-state index contributed by atoms with van der Waals surface area (Å²) in [6, 6.07) is 10.2. The Morgan fingerprint density at radius 2 is 1.96 bits per heavy atom. The fourth-order valence-corrected chi connectivity index (χ4v) is 2.68. The van der Waals surface area contributed by atoms with Crippen molar-refractivity contribution in [2.45, 2.75) is 26.7 Å². The van der Waals surface area contributed by atoms with Crippen LogP contribution in [0, 0.1) is 13.8 Å². The second-order valence-corrected chi connectivity index (χ2v) is 5.88. The van der Waals surface area contributed by atoms with Gasteiger partial charge in [0.1, 0.15) is 0 Å². The molecule has 5 heteroatoms. The number of likely N-dealkylation sites (N-methyl/N-ethyl adjacent to an activating group) is 1. The van der Waals surface area contributed by atoms with Gasteiger partial charge in [0.2, 0.25) is 5.91 Å². The van der Waals surface area contributed by atoms with Crippen LogP contribution >= 0.6 is 0 Å². The molecule has 1 N–H and O–H groups in total. The van der Waals surface area contributed by atoms with Crippen LogP contribution in [0.15, 0.2) is 30.3 Å². The summed E-state index contributed by atoms with van der Waals surface area (Å²) in [6.07, 6.45) is 1.24. The van der Waals surface area contributed by atoms with Crippen LogP contribution in [0.2, 0.25) is 0 Å². The van der Waals surface area contributed by atoms with Crippen LogP contribution in [-0.2, 0) is 18.3 Å². The van der Waals surface area contributed by atoms with Crippen molar-refractivity contribution in [1.82, 2.24) is 15.1 Å². The summed E-state index contributed by atoms with van der Waals surface area (Å²) in [5.74, 6) is 0.0918. The van der Waals surface area contributed by atoms with Crippen LogP contribution in [0.25, 0.3) is 0 Å². The Kier molecular flexibility index (Phi) is 5.79. The van der Waals surface area contributed by atoms with Crippen LogP contribution in [-0.4, -0.2) is 35.8 Å². The minimum atomic E-state index is 0.0918. The summed E-state index contributed by atoms with van der Waals surface area (Å²) in [6.45, 7) is 5.48. The molecule has 0 saturated carbocycles. The van der Waals surface area contributed by atoms with E-state index in [1.54, 1.807) is 0 Å². The maximum atomic E-state index is 12.0. The van der Waals surface area contributed by atoms with Gasteiger partial charge in [-0.05, 0) is 38.0 Å². The van der Waals surface area contributed by atoms with Crippen molar-refractivity contribution in [3.8, 4) is 0 Å². The topological polar surface area (TPSA) is 50.2 Å². The quantitative estimate of drug-likeness (QED) is 0.852. The molecule has 1 aromatic heterocycles. The van der Waals surface area contributed by atoms with E-state index in [9.17, 15) is 4.79 Å². The summed E-state index contributed by atoms with van der Waals surface area (Å²) in [4.78, 5) is 14.1. The van der Waals surface area contributed by atoms with Gasteiger partial charge in [0.15, 0.2) is 0 Å². The molecule has 0 saturated heterocycles. The first-order valence-corrected chi connectivity index (χ1v) is 8.01. The van der Waals surface area contributed by atoms with Crippen LogP contribution < -0.4 is 10.2 Å². The van der Waals surface area contributed by atoms with E-state index in [0.717, 1.165) is 30.0 Å². The molecule has 0 unspecified atom stereocenters. The molecule has 0 atom stereocenters. The Balaban J connectivity index is 1.73. The average molecular weight is 314 g/mol. The lowest BCUT2D eigenvalue weighted by Crippen LogP contribution is -2.33. The SMILES string of the molecule is Cc1nn(C)c(C)c1CCC(=O)NCCN(C)c1ccccc1. The highest BCUT2D eigenvalue weighted by molar-refractivity contribution is 5.76. The summed E-state index contributed by atoms with van der Waals surface area (Å²) in [5, 5.41) is 7.38. The summed E-state index contributed by atoms with van der Waals surface area (Å²) in [5.41, 5.74) is 4.49. The van der Waals surface area contributed by atoms with Crippen LogP contribution in [0.5, 0.6) is 0 Å². The van der Waals surface area contributed by atoms with E-state index in [0.29, 0.717) is 13.0 Å². The Labute approximate surface area is 138 Å². The van der Waals surface area contributed by atoms with Crippen LogP contribution in [0.3, 0.4) is 0 Å². The fraction of sp³-hybridized carbons (Fsp3) is 0.444. The fourth-order valence-electron chi connectivity index (χ4n) is 2.68. The van der Waals surface area contributed by atoms with Gasteiger partial charge in [-0.1, -0.05) is 18.2 Å². The van der Waals surface area contributed by atoms with Gasteiger partial charge in [0.05, 0.1) is 5.69 Å². The number of hydrogen-bond donors (Lipinski definition) is 1. The molecule has 0 spiro atoms. The van der Waals surface area contributed by atoms with Gasteiger partial charge in [-0.2, -0.15) is 5.10 Å². The monoisotopic (exact) mass is 314 g/mol. The Morgan fingerprint density at radius 3 is 2.57 bits per heavy atom. The second kappa shape index (κ2) is 7.81. The lowest BCUT2D eigenvalue weighted by Gasteiger charge is -2.19. The van der Waals surface area contributed by atoms with Crippen LogP contribution in [0.4, 0.5) is 5.69 Å². The van der Waals surface area contributed by atoms with Gasteiger partial charge in [-0.15, -0.1) is 0 Å². The molecule has 0 fully saturated rings.